The summed E-state index contributed by atoms with van der Waals surface area (Å²) in [4.78, 5) is 0. The zero-order valence-electron chi connectivity index (χ0n) is 15.1. The highest BCUT2D eigenvalue weighted by Gasteiger charge is 2.43. The maximum absolute atomic E-state index is 6.21. The Hall–Kier alpha value is -0.120. The summed E-state index contributed by atoms with van der Waals surface area (Å²) in [5, 5.41) is 0. The Balaban J connectivity index is 1.43. The molecule has 128 valence electrons. The third kappa shape index (κ3) is 3.85. The molecule has 3 heteroatoms. The van der Waals surface area contributed by atoms with E-state index in [0.29, 0.717) is 0 Å². The van der Waals surface area contributed by atoms with E-state index in [0.717, 1.165) is 25.2 Å². The predicted molar refractivity (Wildman–Crippen MR) is 91.7 cm³/mol. The molecule has 0 aliphatic carbocycles. The average molecular weight is 311 g/mol. The molecule has 0 unspecified atom stereocenters. The molecule has 22 heavy (non-hydrogen) atoms. The van der Waals surface area contributed by atoms with E-state index in [9.17, 15) is 0 Å². The number of likely N-dealkylation sites (N-methyl/N-ethyl adjacent to an activating group) is 1. The monoisotopic (exact) mass is 310 g/mol. The molecule has 0 aromatic heterocycles. The lowest BCUT2D eigenvalue weighted by atomic mass is 9.82. The highest BCUT2D eigenvalue weighted by Crippen LogP contribution is 2.36. The third-order valence-corrected chi connectivity index (χ3v) is 7.01. The Morgan fingerprint density at radius 1 is 0.818 bits per heavy atom. The molecule has 3 aliphatic rings. The van der Waals surface area contributed by atoms with Crippen LogP contribution in [0.2, 0.25) is 0 Å². The normalized spacial score (nSPS) is 38.5. The van der Waals surface area contributed by atoms with Gasteiger partial charge in [-0.3, -0.25) is 0 Å². The summed E-state index contributed by atoms with van der Waals surface area (Å²) in [6.07, 6.45) is 11.4. The van der Waals surface area contributed by atoms with Gasteiger partial charge in [0.2, 0.25) is 0 Å². The van der Waals surface area contributed by atoms with Gasteiger partial charge in [0.15, 0.2) is 0 Å². The SMILES string of the molecule is C[N+]1(CCOC[C@@H]2CCC[N@@+]3(C)CCCC[C@H]23)CCCCC1. The number of nitrogens with zero attached hydrogens (tertiary/aromatic N) is 2. The summed E-state index contributed by atoms with van der Waals surface area (Å²) in [5.41, 5.74) is 0. The summed E-state index contributed by atoms with van der Waals surface area (Å²) in [5.74, 6) is 0.825. The van der Waals surface area contributed by atoms with E-state index in [4.69, 9.17) is 4.74 Å². The van der Waals surface area contributed by atoms with Gasteiger partial charge in [-0.1, -0.05) is 0 Å². The van der Waals surface area contributed by atoms with Crippen molar-refractivity contribution in [2.24, 2.45) is 5.92 Å². The number of piperidine rings is 3. The number of likely N-dealkylation sites (tertiary alicyclic amines) is 1. The lowest BCUT2D eigenvalue weighted by molar-refractivity contribution is -0.947. The smallest absolute Gasteiger partial charge is 0.102 e. The van der Waals surface area contributed by atoms with Gasteiger partial charge in [0.25, 0.3) is 0 Å². The van der Waals surface area contributed by atoms with Gasteiger partial charge in [0, 0.05) is 12.3 Å². The van der Waals surface area contributed by atoms with Crippen LogP contribution in [0.15, 0.2) is 0 Å². The number of hydrogen-bond acceptors (Lipinski definition) is 1. The van der Waals surface area contributed by atoms with E-state index in [-0.39, 0.29) is 0 Å². The molecule has 0 radical (unpaired) electrons. The van der Waals surface area contributed by atoms with Crippen LogP contribution in [0.3, 0.4) is 0 Å². The lowest BCUT2D eigenvalue weighted by Crippen LogP contribution is -2.61. The molecule has 3 rings (SSSR count). The molecule has 3 aliphatic heterocycles. The van der Waals surface area contributed by atoms with Gasteiger partial charge < -0.3 is 13.7 Å². The fraction of sp³-hybridized carbons (Fsp3) is 1.00. The Kier molecular flexibility index (Phi) is 5.47. The second-order valence-corrected chi connectivity index (χ2v) is 8.82. The summed E-state index contributed by atoms with van der Waals surface area (Å²) in [7, 11) is 4.94. The van der Waals surface area contributed by atoms with Gasteiger partial charge in [0.1, 0.15) is 6.54 Å². The molecule has 0 bridgehead atoms. The minimum atomic E-state index is 0.825. The summed E-state index contributed by atoms with van der Waals surface area (Å²) in [6.45, 7) is 8.78. The molecule has 0 amide bonds. The second-order valence-electron chi connectivity index (χ2n) is 8.82. The number of fused-ring (bicyclic) bond motifs is 1. The van der Waals surface area contributed by atoms with E-state index in [2.05, 4.69) is 14.1 Å². The number of rotatable bonds is 5. The van der Waals surface area contributed by atoms with Crippen molar-refractivity contribution in [2.75, 3.05) is 60.0 Å². The minimum absolute atomic E-state index is 0.825. The van der Waals surface area contributed by atoms with Crippen molar-refractivity contribution in [1.82, 2.24) is 0 Å². The molecule has 3 heterocycles. The molecule has 0 saturated carbocycles. The second kappa shape index (κ2) is 7.19. The van der Waals surface area contributed by atoms with E-state index in [1.807, 2.05) is 0 Å². The molecular weight excluding hydrogens is 272 g/mol. The van der Waals surface area contributed by atoms with Crippen LogP contribution in [0.4, 0.5) is 0 Å². The molecule has 3 nitrogen and oxygen atoms in total. The minimum Gasteiger partial charge on any atom is -0.375 e. The van der Waals surface area contributed by atoms with Crippen LogP contribution in [-0.4, -0.2) is 75.0 Å². The van der Waals surface area contributed by atoms with Crippen molar-refractivity contribution in [3.05, 3.63) is 0 Å². The first-order chi connectivity index (χ1) is 10.6. The topological polar surface area (TPSA) is 9.23 Å². The van der Waals surface area contributed by atoms with Crippen LogP contribution in [0.5, 0.6) is 0 Å². The molecule has 0 spiro atoms. The molecule has 0 N–H and O–H groups in total. The van der Waals surface area contributed by atoms with Crippen LogP contribution < -0.4 is 0 Å². The van der Waals surface area contributed by atoms with Crippen LogP contribution in [0.1, 0.15) is 51.4 Å². The summed E-state index contributed by atoms with van der Waals surface area (Å²) in [6, 6.07) is 0.891. The zero-order valence-corrected chi connectivity index (χ0v) is 15.1. The van der Waals surface area contributed by atoms with Gasteiger partial charge in [-0.05, 0) is 44.9 Å². The average Bonchev–Trinajstić information content (AvgIpc) is 2.51. The molecule has 3 saturated heterocycles. The fourth-order valence-corrected chi connectivity index (χ4v) is 5.45. The standard InChI is InChI=1S/C19H38N2O/c1-20(11-5-3-6-12-20)15-16-22-17-18-9-8-14-21(2)13-7-4-10-19(18)21/h18-19H,3-17H2,1-2H3/q+2/t18-,19+,21+/m0/s1. The Morgan fingerprint density at radius 3 is 2.36 bits per heavy atom. The quantitative estimate of drug-likeness (QED) is 0.560. The predicted octanol–water partition coefficient (Wildman–Crippen LogP) is 3.04. The van der Waals surface area contributed by atoms with Crippen molar-refractivity contribution < 1.29 is 13.7 Å². The number of hydrogen-bond donors (Lipinski definition) is 0. The van der Waals surface area contributed by atoms with Crippen LogP contribution in [-0.2, 0) is 4.74 Å². The van der Waals surface area contributed by atoms with Crippen LogP contribution in [0, 0.1) is 5.92 Å². The van der Waals surface area contributed by atoms with Crippen molar-refractivity contribution in [3.63, 3.8) is 0 Å². The van der Waals surface area contributed by atoms with E-state index < -0.39 is 0 Å². The van der Waals surface area contributed by atoms with Gasteiger partial charge in [-0.15, -0.1) is 0 Å². The summed E-state index contributed by atoms with van der Waals surface area (Å²) < 4.78 is 8.81. The van der Waals surface area contributed by atoms with Gasteiger partial charge in [0.05, 0.1) is 59.5 Å². The lowest BCUT2D eigenvalue weighted by Gasteiger charge is -2.51. The summed E-state index contributed by atoms with van der Waals surface area (Å²) >= 11 is 0. The molecule has 0 aromatic carbocycles. The fourth-order valence-electron chi connectivity index (χ4n) is 5.45. The van der Waals surface area contributed by atoms with Gasteiger partial charge in [-0.25, -0.2) is 0 Å². The van der Waals surface area contributed by atoms with Crippen molar-refractivity contribution in [1.29, 1.82) is 0 Å². The van der Waals surface area contributed by atoms with Crippen LogP contribution in [0.25, 0.3) is 0 Å². The van der Waals surface area contributed by atoms with Crippen LogP contribution >= 0.6 is 0 Å². The molecule has 0 aromatic rings. The Morgan fingerprint density at radius 2 is 1.55 bits per heavy atom. The number of ether oxygens (including phenoxy) is 1. The van der Waals surface area contributed by atoms with Crippen molar-refractivity contribution in [2.45, 2.75) is 57.4 Å². The van der Waals surface area contributed by atoms with E-state index in [1.165, 1.54) is 93.1 Å². The highest BCUT2D eigenvalue weighted by molar-refractivity contribution is 4.78. The van der Waals surface area contributed by atoms with Gasteiger partial charge >= 0.3 is 0 Å². The zero-order chi connectivity index (χ0) is 15.5. The molecule has 3 atom stereocenters. The largest absolute Gasteiger partial charge is 0.375 e. The Labute approximate surface area is 137 Å². The van der Waals surface area contributed by atoms with Gasteiger partial charge in [-0.2, -0.15) is 0 Å². The highest BCUT2D eigenvalue weighted by atomic mass is 16.5. The third-order valence-electron chi connectivity index (χ3n) is 7.01. The number of quaternary nitrogens is 2. The maximum Gasteiger partial charge on any atom is 0.102 e. The maximum atomic E-state index is 6.21. The first-order valence-electron chi connectivity index (χ1n) is 9.87. The first-order valence-corrected chi connectivity index (χ1v) is 9.87. The van der Waals surface area contributed by atoms with Crippen molar-refractivity contribution in [3.8, 4) is 0 Å². The van der Waals surface area contributed by atoms with Crippen molar-refractivity contribution >= 4 is 0 Å². The van der Waals surface area contributed by atoms with E-state index in [1.54, 1.807) is 0 Å². The Bertz CT molecular complexity index is 349. The molecular formula is C19H38N2O+2. The first kappa shape index (κ1) is 16.7. The van der Waals surface area contributed by atoms with E-state index >= 15 is 0 Å². The molecule has 3 fully saturated rings.